The van der Waals surface area contributed by atoms with E-state index in [4.69, 9.17) is 0 Å². The minimum absolute atomic E-state index is 0.103. The minimum Gasteiger partial charge on any atom is -0.393 e. The highest BCUT2D eigenvalue weighted by Gasteiger charge is 2.16. The van der Waals surface area contributed by atoms with Crippen LogP contribution in [0.5, 0.6) is 0 Å². The Labute approximate surface area is 123 Å². The Bertz CT molecular complexity index is 274. The summed E-state index contributed by atoms with van der Waals surface area (Å²) < 4.78 is 0. The van der Waals surface area contributed by atoms with Gasteiger partial charge in [-0.25, -0.2) is 0 Å². The number of nitrogens with one attached hydrogen (secondary N) is 1. The molecule has 1 heterocycles. The Kier molecular flexibility index (Phi) is 8.15. The van der Waals surface area contributed by atoms with Gasteiger partial charge in [0.1, 0.15) is 0 Å². The lowest BCUT2D eigenvalue weighted by atomic mass is 9.96. The summed E-state index contributed by atoms with van der Waals surface area (Å²) in [4.78, 5) is 14.1. The molecule has 1 fully saturated rings. The van der Waals surface area contributed by atoms with Crippen molar-refractivity contribution in [2.24, 2.45) is 11.8 Å². The van der Waals surface area contributed by atoms with E-state index in [1.165, 1.54) is 0 Å². The van der Waals surface area contributed by atoms with Gasteiger partial charge in [0, 0.05) is 26.1 Å². The van der Waals surface area contributed by atoms with Crippen LogP contribution >= 0.6 is 0 Å². The molecule has 1 atom stereocenters. The Hall–Kier alpha value is -0.610. The largest absolute Gasteiger partial charge is 0.393 e. The van der Waals surface area contributed by atoms with E-state index in [0.717, 1.165) is 51.9 Å². The molecule has 4 nitrogen and oxygen atoms in total. The third-order valence-electron chi connectivity index (χ3n) is 3.94. The third-order valence-corrected chi connectivity index (χ3v) is 3.94. The van der Waals surface area contributed by atoms with Crippen molar-refractivity contribution < 1.29 is 9.90 Å². The molecular weight excluding hydrogens is 252 g/mol. The molecule has 0 aromatic rings. The molecule has 2 N–H and O–H groups in total. The zero-order chi connectivity index (χ0) is 15.0. The van der Waals surface area contributed by atoms with Gasteiger partial charge in [-0.15, -0.1) is 0 Å². The van der Waals surface area contributed by atoms with Gasteiger partial charge >= 0.3 is 0 Å². The number of piperidine rings is 1. The van der Waals surface area contributed by atoms with Gasteiger partial charge in [-0.2, -0.15) is 0 Å². The fraction of sp³-hybridized carbons (Fsp3) is 0.938. The summed E-state index contributed by atoms with van der Waals surface area (Å²) in [5, 5.41) is 12.5. The van der Waals surface area contributed by atoms with Crippen LogP contribution in [0.15, 0.2) is 0 Å². The standard InChI is InChI=1S/C16H32N2O2/c1-13(2)11-14(3)12-16(20)17-7-4-8-18-9-5-15(19)6-10-18/h13-15,19H,4-12H2,1-3H3,(H,17,20). The van der Waals surface area contributed by atoms with E-state index in [0.29, 0.717) is 18.3 Å². The molecule has 1 aliphatic heterocycles. The molecule has 1 aliphatic rings. The topological polar surface area (TPSA) is 52.6 Å². The second-order valence-electron chi connectivity index (χ2n) is 6.72. The number of rotatable bonds is 8. The van der Waals surface area contributed by atoms with Crippen LogP contribution in [0.1, 0.15) is 52.9 Å². The molecule has 118 valence electrons. The number of aliphatic hydroxyl groups is 1. The highest BCUT2D eigenvalue weighted by Crippen LogP contribution is 2.14. The molecule has 0 bridgehead atoms. The van der Waals surface area contributed by atoms with E-state index in [2.05, 4.69) is 31.0 Å². The van der Waals surface area contributed by atoms with E-state index in [9.17, 15) is 9.90 Å². The zero-order valence-electron chi connectivity index (χ0n) is 13.4. The highest BCUT2D eigenvalue weighted by atomic mass is 16.3. The Morgan fingerprint density at radius 1 is 1.30 bits per heavy atom. The average Bonchev–Trinajstić information content (AvgIpc) is 2.35. The van der Waals surface area contributed by atoms with Crippen LogP contribution in [0.2, 0.25) is 0 Å². The fourth-order valence-corrected chi connectivity index (χ4v) is 2.95. The summed E-state index contributed by atoms with van der Waals surface area (Å²) >= 11 is 0. The Morgan fingerprint density at radius 2 is 1.95 bits per heavy atom. The van der Waals surface area contributed by atoms with Gasteiger partial charge in [-0.05, 0) is 44.1 Å². The normalized spacial score (nSPS) is 19.2. The molecule has 4 heteroatoms. The predicted molar refractivity (Wildman–Crippen MR) is 82.5 cm³/mol. The zero-order valence-corrected chi connectivity index (χ0v) is 13.4. The van der Waals surface area contributed by atoms with E-state index in [1.54, 1.807) is 0 Å². The first-order chi connectivity index (χ1) is 9.47. The number of carbonyl (C=O) groups excluding carboxylic acids is 1. The predicted octanol–water partition coefficient (Wildman–Crippen LogP) is 2.02. The van der Waals surface area contributed by atoms with Gasteiger partial charge < -0.3 is 15.3 Å². The lowest BCUT2D eigenvalue weighted by molar-refractivity contribution is -0.122. The van der Waals surface area contributed by atoms with Crippen molar-refractivity contribution in [3.63, 3.8) is 0 Å². The molecule has 1 unspecified atom stereocenters. The number of likely N-dealkylation sites (tertiary alicyclic amines) is 1. The quantitative estimate of drug-likeness (QED) is 0.671. The number of hydrogen-bond donors (Lipinski definition) is 2. The SMILES string of the molecule is CC(C)CC(C)CC(=O)NCCCN1CCC(O)CC1. The van der Waals surface area contributed by atoms with Gasteiger partial charge in [0.15, 0.2) is 0 Å². The maximum absolute atomic E-state index is 11.8. The average molecular weight is 284 g/mol. The molecule has 1 rings (SSSR count). The summed E-state index contributed by atoms with van der Waals surface area (Å²) in [6.07, 6.45) is 4.43. The molecular formula is C16H32N2O2. The van der Waals surface area contributed by atoms with Crippen LogP contribution in [0, 0.1) is 11.8 Å². The monoisotopic (exact) mass is 284 g/mol. The van der Waals surface area contributed by atoms with Crippen LogP contribution in [0.25, 0.3) is 0 Å². The molecule has 1 amide bonds. The van der Waals surface area contributed by atoms with Crippen molar-refractivity contribution in [3.8, 4) is 0 Å². The third kappa shape index (κ3) is 7.85. The van der Waals surface area contributed by atoms with E-state index < -0.39 is 0 Å². The smallest absolute Gasteiger partial charge is 0.220 e. The number of hydrogen-bond acceptors (Lipinski definition) is 3. The number of nitrogens with zero attached hydrogens (tertiary/aromatic N) is 1. The number of amides is 1. The van der Waals surface area contributed by atoms with Crippen molar-refractivity contribution >= 4 is 5.91 Å². The van der Waals surface area contributed by atoms with Crippen molar-refractivity contribution in [3.05, 3.63) is 0 Å². The maximum Gasteiger partial charge on any atom is 0.220 e. The van der Waals surface area contributed by atoms with E-state index in [-0.39, 0.29) is 12.0 Å². The second-order valence-corrected chi connectivity index (χ2v) is 6.72. The molecule has 0 aliphatic carbocycles. The van der Waals surface area contributed by atoms with Crippen LogP contribution in [-0.2, 0) is 4.79 Å². The molecule has 0 aromatic heterocycles. The molecule has 1 saturated heterocycles. The Balaban J connectivity index is 2.01. The first-order valence-electron chi connectivity index (χ1n) is 8.14. The van der Waals surface area contributed by atoms with Gasteiger partial charge in [0.05, 0.1) is 6.10 Å². The molecule has 0 aromatic carbocycles. The molecule has 0 radical (unpaired) electrons. The van der Waals surface area contributed by atoms with Crippen molar-refractivity contribution in [2.45, 2.75) is 59.0 Å². The lowest BCUT2D eigenvalue weighted by Gasteiger charge is -2.29. The molecule has 0 saturated carbocycles. The fourth-order valence-electron chi connectivity index (χ4n) is 2.95. The van der Waals surface area contributed by atoms with E-state index in [1.807, 2.05) is 0 Å². The molecule has 20 heavy (non-hydrogen) atoms. The van der Waals surface area contributed by atoms with Gasteiger partial charge in [0.25, 0.3) is 0 Å². The number of aliphatic hydroxyl groups excluding tert-OH is 1. The van der Waals surface area contributed by atoms with Gasteiger partial charge in [-0.3, -0.25) is 4.79 Å². The van der Waals surface area contributed by atoms with Crippen LogP contribution in [0.4, 0.5) is 0 Å². The maximum atomic E-state index is 11.8. The first-order valence-corrected chi connectivity index (χ1v) is 8.14. The van der Waals surface area contributed by atoms with Crippen molar-refractivity contribution in [2.75, 3.05) is 26.2 Å². The minimum atomic E-state index is -0.103. The van der Waals surface area contributed by atoms with Crippen molar-refractivity contribution in [1.29, 1.82) is 0 Å². The first kappa shape index (κ1) is 17.4. The summed E-state index contributed by atoms with van der Waals surface area (Å²) in [6.45, 7) is 10.3. The van der Waals surface area contributed by atoms with Gasteiger partial charge in [0.2, 0.25) is 5.91 Å². The van der Waals surface area contributed by atoms with Crippen LogP contribution in [0.3, 0.4) is 0 Å². The summed E-state index contributed by atoms with van der Waals surface area (Å²) in [6, 6.07) is 0. The van der Waals surface area contributed by atoms with Crippen LogP contribution < -0.4 is 5.32 Å². The second kappa shape index (κ2) is 9.35. The summed E-state index contributed by atoms with van der Waals surface area (Å²) in [5.41, 5.74) is 0. The summed E-state index contributed by atoms with van der Waals surface area (Å²) in [7, 11) is 0. The Morgan fingerprint density at radius 3 is 2.55 bits per heavy atom. The summed E-state index contributed by atoms with van der Waals surface area (Å²) in [5.74, 6) is 1.32. The van der Waals surface area contributed by atoms with Crippen LogP contribution in [-0.4, -0.2) is 48.2 Å². The van der Waals surface area contributed by atoms with Crippen molar-refractivity contribution in [1.82, 2.24) is 10.2 Å². The number of carbonyl (C=O) groups is 1. The van der Waals surface area contributed by atoms with Gasteiger partial charge in [-0.1, -0.05) is 20.8 Å². The lowest BCUT2D eigenvalue weighted by Crippen LogP contribution is -2.37. The highest BCUT2D eigenvalue weighted by molar-refractivity contribution is 5.76. The van der Waals surface area contributed by atoms with E-state index >= 15 is 0 Å². The molecule has 0 spiro atoms.